The normalized spacial score (nSPS) is 17.5. The summed E-state index contributed by atoms with van der Waals surface area (Å²) < 4.78 is 27.2. The van der Waals surface area contributed by atoms with Gasteiger partial charge < -0.3 is 10.2 Å². The number of amides is 1. The Labute approximate surface area is 193 Å². The fourth-order valence-corrected chi connectivity index (χ4v) is 5.91. The molecule has 2 heterocycles. The molecule has 0 atom stereocenters. The molecule has 0 aromatic heterocycles. The van der Waals surface area contributed by atoms with Gasteiger partial charge in [-0.1, -0.05) is 6.42 Å². The first-order chi connectivity index (χ1) is 15.9. The molecule has 0 unspecified atom stereocenters. The monoisotopic (exact) mass is 472 g/mol. The number of carbonyl (C=O) groups is 1. The molecule has 0 spiro atoms. The van der Waals surface area contributed by atoms with Gasteiger partial charge in [0.05, 0.1) is 21.1 Å². The van der Waals surface area contributed by atoms with E-state index in [-0.39, 0.29) is 16.1 Å². The van der Waals surface area contributed by atoms with Gasteiger partial charge in [0.2, 0.25) is 10.0 Å². The lowest BCUT2D eigenvalue weighted by Crippen LogP contribution is -2.35. The molecular formula is C23H28N4O5S. The first kappa shape index (κ1) is 23.2. The van der Waals surface area contributed by atoms with Crippen LogP contribution in [-0.4, -0.2) is 49.7 Å². The first-order valence-corrected chi connectivity index (χ1v) is 12.8. The van der Waals surface area contributed by atoms with E-state index < -0.39 is 20.9 Å². The fraction of sp³-hybridized carbons (Fsp3) is 0.435. The van der Waals surface area contributed by atoms with Crippen LogP contribution in [0, 0.1) is 10.1 Å². The summed E-state index contributed by atoms with van der Waals surface area (Å²) in [6.07, 6.45) is 5.88. The van der Waals surface area contributed by atoms with Crippen molar-refractivity contribution in [2.75, 3.05) is 36.4 Å². The number of nitro groups is 1. The van der Waals surface area contributed by atoms with E-state index in [1.807, 2.05) is 0 Å². The van der Waals surface area contributed by atoms with Crippen molar-refractivity contribution in [1.29, 1.82) is 0 Å². The molecule has 0 aliphatic carbocycles. The number of non-ortho nitro benzene ring substituents is 1. The summed E-state index contributed by atoms with van der Waals surface area (Å²) >= 11 is 0. The quantitative estimate of drug-likeness (QED) is 0.502. The van der Waals surface area contributed by atoms with Gasteiger partial charge in [-0.3, -0.25) is 14.9 Å². The molecule has 0 saturated carbocycles. The predicted octanol–water partition coefficient (Wildman–Crippen LogP) is 4.01. The Kier molecular flexibility index (Phi) is 6.94. The zero-order chi connectivity index (χ0) is 23.4. The van der Waals surface area contributed by atoms with Crippen molar-refractivity contribution in [3.63, 3.8) is 0 Å². The van der Waals surface area contributed by atoms with Crippen molar-refractivity contribution in [3.8, 4) is 0 Å². The summed E-state index contributed by atoms with van der Waals surface area (Å²) in [6.45, 7) is 2.63. The SMILES string of the molecule is O=C(Nc1ccc(S(=O)(=O)N2CCCCC2)cc1)c1cc([N+](=O)[O-])ccc1N1CCCCC1. The van der Waals surface area contributed by atoms with Crippen LogP contribution in [-0.2, 0) is 10.0 Å². The molecule has 4 rings (SSSR count). The van der Waals surface area contributed by atoms with Crippen molar-refractivity contribution < 1.29 is 18.1 Å². The molecule has 10 heteroatoms. The highest BCUT2D eigenvalue weighted by Crippen LogP contribution is 2.29. The van der Waals surface area contributed by atoms with Gasteiger partial charge in [-0.2, -0.15) is 4.31 Å². The highest BCUT2D eigenvalue weighted by atomic mass is 32.2. The van der Waals surface area contributed by atoms with E-state index in [9.17, 15) is 23.3 Å². The zero-order valence-electron chi connectivity index (χ0n) is 18.4. The van der Waals surface area contributed by atoms with Crippen LogP contribution < -0.4 is 10.2 Å². The maximum atomic E-state index is 13.1. The lowest BCUT2D eigenvalue weighted by molar-refractivity contribution is -0.384. The van der Waals surface area contributed by atoms with Crippen molar-refractivity contribution in [1.82, 2.24) is 4.31 Å². The number of sulfonamides is 1. The summed E-state index contributed by atoms with van der Waals surface area (Å²) in [5, 5.41) is 14.0. The van der Waals surface area contributed by atoms with E-state index in [1.165, 1.54) is 28.6 Å². The lowest BCUT2D eigenvalue weighted by atomic mass is 10.1. The number of nitrogens with one attached hydrogen (secondary N) is 1. The van der Waals surface area contributed by atoms with Gasteiger partial charge in [-0.25, -0.2) is 8.42 Å². The van der Waals surface area contributed by atoms with Gasteiger partial charge in [0.15, 0.2) is 0 Å². The van der Waals surface area contributed by atoms with E-state index >= 15 is 0 Å². The van der Waals surface area contributed by atoms with Crippen LogP contribution in [0.25, 0.3) is 0 Å². The number of hydrogen-bond donors (Lipinski definition) is 1. The van der Waals surface area contributed by atoms with Gasteiger partial charge >= 0.3 is 0 Å². The molecule has 2 saturated heterocycles. The Morgan fingerprint density at radius 2 is 1.48 bits per heavy atom. The van der Waals surface area contributed by atoms with Crippen molar-refractivity contribution in [2.24, 2.45) is 0 Å². The van der Waals surface area contributed by atoms with Crippen LogP contribution in [0.4, 0.5) is 17.1 Å². The van der Waals surface area contributed by atoms with Crippen LogP contribution in [0.15, 0.2) is 47.4 Å². The molecule has 2 aromatic carbocycles. The predicted molar refractivity (Wildman–Crippen MR) is 126 cm³/mol. The molecule has 0 bridgehead atoms. The molecular weight excluding hydrogens is 444 g/mol. The van der Waals surface area contributed by atoms with Crippen molar-refractivity contribution >= 4 is 33.0 Å². The summed E-state index contributed by atoms with van der Waals surface area (Å²) in [5.74, 6) is -0.467. The number of carbonyl (C=O) groups excluding carboxylic acids is 1. The topological polar surface area (TPSA) is 113 Å². The lowest BCUT2D eigenvalue weighted by Gasteiger charge is -2.30. The second-order valence-electron chi connectivity index (χ2n) is 8.45. The van der Waals surface area contributed by atoms with Crippen LogP contribution >= 0.6 is 0 Å². The van der Waals surface area contributed by atoms with E-state index in [0.29, 0.717) is 24.5 Å². The largest absolute Gasteiger partial charge is 0.371 e. The van der Waals surface area contributed by atoms with Gasteiger partial charge in [0.25, 0.3) is 11.6 Å². The number of nitro benzene ring substituents is 1. The van der Waals surface area contributed by atoms with Gasteiger partial charge in [0, 0.05) is 44.0 Å². The van der Waals surface area contributed by atoms with E-state index in [2.05, 4.69) is 10.2 Å². The minimum absolute atomic E-state index is 0.149. The molecule has 33 heavy (non-hydrogen) atoms. The van der Waals surface area contributed by atoms with Crippen LogP contribution in [0.5, 0.6) is 0 Å². The number of nitrogens with zero attached hydrogens (tertiary/aromatic N) is 3. The Hall–Kier alpha value is -2.98. The van der Waals surface area contributed by atoms with E-state index in [0.717, 1.165) is 51.6 Å². The standard InChI is InChI=1S/C23H28N4O5S/c28-23(21-17-19(27(29)30)9-12-22(21)25-13-3-1-4-14-25)24-18-7-10-20(11-8-18)33(31,32)26-15-5-2-6-16-26/h7-12,17H,1-6,13-16H2,(H,24,28). The molecule has 0 radical (unpaired) electrons. The average molecular weight is 473 g/mol. The highest BCUT2D eigenvalue weighted by molar-refractivity contribution is 7.89. The second-order valence-corrected chi connectivity index (χ2v) is 10.4. The Balaban J connectivity index is 1.55. The maximum Gasteiger partial charge on any atom is 0.270 e. The Morgan fingerprint density at radius 1 is 0.879 bits per heavy atom. The molecule has 9 nitrogen and oxygen atoms in total. The third-order valence-electron chi connectivity index (χ3n) is 6.20. The second kappa shape index (κ2) is 9.88. The number of anilines is 2. The first-order valence-electron chi connectivity index (χ1n) is 11.3. The molecule has 2 fully saturated rings. The summed E-state index contributed by atoms with van der Waals surface area (Å²) in [6, 6.07) is 10.4. The molecule has 176 valence electrons. The average Bonchev–Trinajstić information content (AvgIpc) is 2.85. The summed E-state index contributed by atoms with van der Waals surface area (Å²) in [4.78, 5) is 26.1. The Morgan fingerprint density at radius 3 is 2.09 bits per heavy atom. The molecule has 1 amide bonds. The smallest absolute Gasteiger partial charge is 0.270 e. The van der Waals surface area contributed by atoms with Gasteiger partial charge in [-0.05, 0) is 62.4 Å². The summed E-state index contributed by atoms with van der Waals surface area (Å²) in [7, 11) is -3.56. The number of piperidine rings is 2. The maximum absolute atomic E-state index is 13.1. The van der Waals surface area contributed by atoms with Crippen molar-refractivity contribution in [3.05, 3.63) is 58.1 Å². The van der Waals surface area contributed by atoms with E-state index in [4.69, 9.17) is 0 Å². The number of benzene rings is 2. The van der Waals surface area contributed by atoms with Crippen LogP contribution in [0.3, 0.4) is 0 Å². The Bertz CT molecular complexity index is 1120. The minimum atomic E-state index is -3.56. The summed E-state index contributed by atoms with van der Waals surface area (Å²) in [5.41, 5.74) is 1.18. The van der Waals surface area contributed by atoms with E-state index in [1.54, 1.807) is 18.2 Å². The zero-order valence-corrected chi connectivity index (χ0v) is 19.2. The number of rotatable bonds is 6. The van der Waals surface area contributed by atoms with Crippen LogP contribution in [0.2, 0.25) is 0 Å². The van der Waals surface area contributed by atoms with Gasteiger partial charge in [0.1, 0.15) is 0 Å². The molecule has 2 aromatic rings. The van der Waals surface area contributed by atoms with Gasteiger partial charge in [-0.15, -0.1) is 0 Å². The third kappa shape index (κ3) is 5.17. The fourth-order valence-electron chi connectivity index (χ4n) is 4.39. The molecule has 2 aliphatic rings. The third-order valence-corrected chi connectivity index (χ3v) is 8.11. The number of hydrogen-bond acceptors (Lipinski definition) is 6. The van der Waals surface area contributed by atoms with Crippen molar-refractivity contribution in [2.45, 2.75) is 43.4 Å². The molecule has 1 N–H and O–H groups in total. The molecule has 2 aliphatic heterocycles. The van der Waals surface area contributed by atoms with Crippen LogP contribution in [0.1, 0.15) is 48.9 Å². The highest BCUT2D eigenvalue weighted by Gasteiger charge is 2.26. The minimum Gasteiger partial charge on any atom is -0.371 e.